The van der Waals surface area contributed by atoms with Crippen LogP contribution in [-0.2, 0) is 4.79 Å². The molecule has 1 saturated carbocycles. The van der Waals surface area contributed by atoms with E-state index in [4.69, 9.17) is 4.42 Å². The predicted octanol–water partition coefficient (Wildman–Crippen LogP) is 5.31. The molecule has 1 aromatic heterocycles. The highest BCUT2D eigenvalue weighted by molar-refractivity contribution is 6.05. The van der Waals surface area contributed by atoms with Gasteiger partial charge in [0, 0.05) is 23.2 Å². The van der Waals surface area contributed by atoms with Gasteiger partial charge in [-0.1, -0.05) is 37.5 Å². The lowest BCUT2D eigenvalue weighted by molar-refractivity contribution is -0.118. The summed E-state index contributed by atoms with van der Waals surface area (Å²) in [4.78, 5) is 25.7. The minimum atomic E-state index is -0.374. The van der Waals surface area contributed by atoms with E-state index in [1.54, 1.807) is 48.5 Å². The second-order valence-electron chi connectivity index (χ2n) is 7.90. The van der Waals surface area contributed by atoms with E-state index >= 15 is 0 Å². The molecule has 2 amide bonds. The Balaban J connectivity index is 1.57. The molecule has 2 N–H and O–H groups in total. The van der Waals surface area contributed by atoms with E-state index in [0.29, 0.717) is 22.6 Å². The number of benzene rings is 2. The van der Waals surface area contributed by atoms with Crippen LogP contribution in [0.1, 0.15) is 48.2 Å². The van der Waals surface area contributed by atoms with Crippen LogP contribution in [0.5, 0.6) is 0 Å². The van der Waals surface area contributed by atoms with Crippen molar-refractivity contribution in [2.75, 3.05) is 0 Å². The second-order valence-corrected chi connectivity index (χ2v) is 7.90. The van der Waals surface area contributed by atoms with Crippen molar-refractivity contribution in [1.29, 1.82) is 0 Å². The zero-order valence-corrected chi connectivity index (χ0v) is 17.6. The molecule has 0 saturated heterocycles. The molecule has 1 aliphatic rings. The van der Waals surface area contributed by atoms with E-state index in [1.807, 2.05) is 6.07 Å². The number of hydrogen-bond acceptors (Lipinski definition) is 3. The van der Waals surface area contributed by atoms with Crippen LogP contribution < -0.4 is 10.6 Å². The topological polar surface area (TPSA) is 71.3 Å². The Morgan fingerprint density at radius 3 is 2.34 bits per heavy atom. The third-order valence-corrected chi connectivity index (χ3v) is 5.51. The lowest BCUT2D eigenvalue weighted by Crippen LogP contribution is -2.41. The lowest BCUT2D eigenvalue weighted by atomic mass is 9.95. The molecule has 0 unspecified atom stereocenters. The lowest BCUT2D eigenvalue weighted by Gasteiger charge is -2.23. The molecule has 0 radical (unpaired) electrons. The van der Waals surface area contributed by atoms with E-state index in [-0.39, 0.29) is 29.4 Å². The van der Waals surface area contributed by atoms with Gasteiger partial charge in [-0.25, -0.2) is 4.39 Å². The Kier molecular flexibility index (Phi) is 6.80. The number of carbonyl (C=O) groups is 2. The van der Waals surface area contributed by atoms with Gasteiger partial charge in [-0.3, -0.25) is 9.59 Å². The summed E-state index contributed by atoms with van der Waals surface area (Å²) in [7, 11) is 0. The molecule has 0 aliphatic heterocycles. The van der Waals surface area contributed by atoms with Crippen LogP contribution >= 0.6 is 0 Å². The van der Waals surface area contributed by atoms with Gasteiger partial charge in [-0.15, -0.1) is 0 Å². The van der Waals surface area contributed by atoms with Gasteiger partial charge in [-0.05, 0) is 61.4 Å². The van der Waals surface area contributed by atoms with Crippen molar-refractivity contribution in [1.82, 2.24) is 10.6 Å². The maximum Gasteiger partial charge on any atom is 0.268 e. The molecule has 0 atom stereocenters. The van der Waals surface area contributed by atoms with Gasteiger partial charge in [-0.2, -0.15) is 0 Å². The molecule has 5 nitrogen and oxygen atoms in total. The van der Waals surface area contributed by atoms with Crippen molar-refractivity contribution in [2.24, 2.45) is 0 Å². The van der Waals surface area contributed by atoms with Gasteiger partial charge in [0.25, 0.3) is 11.8 Å². The van der Waals surface area contributed by atoms with Crippen molar-refractivity contribution in [3.05, 3.63) is 89.6 Å². The molecule has 164 valence electrons. The van der Waals surface area contributed by atoms with E-state index in [2.05, 4.69) is 10.6 Å². The van der Waals surface area contributed by atoms with Gasteiger partial charge in [0.2, 0.25) is 0 Å². The largest absolute Gasteiger partial charge is 0.457 e. The molecule has 6 heteroatoms. The van der Waals surface area contributed by atoms with E-state index < -0.39 is 0 Å². The quantitative estimate of drug-likeness (QED) is 0.519. The third kappa shape index (κ3) is 5.52. The van der Waals surface area contributed by atoms with Crippen molar-refractivity contribution >= 4 is 17.9 Å². The van der Waals surface area contributed by atoms with Gasteiger partial charge < -0.3 is 15.1 Å². The van der Waals surface area contributed by atoms with Gasteiger partial charge in [0.1, 0.15) is 23.0 Å². The fourth-order valence-corrected chi connectivity index (χ4v) is 3.79. The summed E-state index contributed by atoms with van der Waals surface area (Å²) in [6.07, 6.45) is 6.73. The van der Waals surface area contributed by atoms with Gasteiger partial charge in [0.05, 0.1) is 0 Å². The van der Waals surface area contributed by atoms with Crippen molar-refractivity contribution in [2.45, 2.75) is 38.1 Å². The number of nitrogens with one attached hydrogen (secondary N) is 2. The zero-order valence-electron chi connectivity index (χ0n) is 17.6. The minimum absolute atomic E-state index is 0.0969. The molecule has 0 spiro atoms. The van der Waals surface area contributed by atoms with Crippen molar-refractivity contribution in [3.8, 4) is 11.3 Å². The molecule has 4 rings (SSSR count). The number of amides is 2. The van der Waals surface area contributed by atoms with Crippen molar-refractivity contribution in [3.63, 3.8) is 0 Å². The standard InChI is InChI=1S/C26H25FN2O3/c27-20-13-11-18(12-14-20)24-16-15-22(32-24)17-23(26(31)28-21-9-5-2-6-10-21)29-25(30)19-7-3-1-4-8-19/h1,3-4,7-8,11-17,21H,2,5-6,9-10H2,(H,28,31)(H,29,30)/b23-17+. The van der Waals surface area contributed by atoms with Crippen LogP contribution in [0.2, 0.25) is 0 Å². The summed E-state index contributed by atoms with van der Waals surface area (Å²) in [5, 5.41) is 5.76. The Hall–Kier alpha value is -3.67. The predicted molar refractivity (Wildman–Crippen MR) is 121 cm³/mol. The Bertz CT molecular complexity index is 1100. The number of rotatable bonds is 6. The van der Waals surface area contributed by atoms with E-state index in [9.17, 15) is 14.0 Å². The highest BCUT2D eigenvalue weighted by Crippen LogP contribution is 2.24. The molecule has 2 aromatic carbocycles. The molecule has 1 fully saturated rings. The molecule has 1 heterocycles. The minimum Gasteiger partial charge on any atom is -0.457 e. The molecule has 0 bridgehead atoms. The molecule has 32 heavy (non-hydrogen) atoms. The summed E-state index contributed by atoms with van der Waals surface area (Å²) in [6, 6.07) is 18.2. The summed E-state index contributed by atoms with van der Waals surface area (Å²) >= 11 is 0. The second kappa shape index (κ2) is 10.1. The van der Waals surface area contributed by atoms with Crippen molar-refractivity contribution < 1.29 is 18.4 Å². The summed E-state index contributed by atoms with van der Waals surface area (Å²) in [5.41, 5.74) is 1.28. The van der Waals surface area contributed by atoms with Crippen LogP contribution in [-0.4, -0.2) is 17.9 Å². The maximum absolute atomic E-state index is 13.2. The average molecular weight is 432 g/mol. The molecule has 1 aliphatic carbocycles. The Morgan fingerprint density at radius 2 is 1.62 bits per heavy atom. The summed E-state index contributed by atoms with van der Waals surface area (Å²) in [6.45, 7) is 0. The molecule has 3 aromatic rings. The van der Waals surface area contributed by atoms with Crippen LogP contribution in [0.4, 0.5) is 4.39 Å². The monoisotopic (exact) mass is 432 g/mol. The molecular formula is C26H25FN2O3. The highest BCUT2D eigenvalue weighted by Gasteiger charge is 2.20. The maximum atomic E-state index is 13.2. The number of hydrogen-bond donors (Lipinski definition) is 2. The zero-order chi connectivity index (χ0) is 22.3. The first kappa shape index (κ1) is 21.6. The van der Waals surface area contributed by atoms with E-state index in [1.165, 1.54) is 24.6 Å². The fraction of sp³-hybridized carbons (Fsp3) is 0.231. The number of carbonyl (C=O) groups excluding carboxylic acids is 2. The Morgan fingerprint density at radius 1 is 0.906 bits per heavy atom. The number of halogens is 1. The first-order valence-corrected chi connectivity index (χ1v) is 10.8. The fourth-order valence-electron chi connectivity index (χ4n) is 3.79. The van der Waals surface area contributed by atoms with Gasteiger partial charge >= 0.3 is 0 Å². The number of furan rings is 1. The SMILES string of the molecule is O=C(NC1CCCCC1)/C(=C\c1ccc(-c2ccc(F)cc2)o1)NC(=O)c1ccccc1. The highest BCUT2D eigenvalue weighted by atomic mass is 19.1. The van der Waals surface area contributed by atoms with Crippen LogP contribution in [0, 0.1) is 5.82 Å². The Labute approximate surface area is 186 Å². The molecular weight excluding hydrogens is 407 g/mol. The summed E-state index contributed by atoms with van der Waals surface area (Å²) < 4.78 is 19.0. The van der Waals surface area contributed by atoms with Crippen LogP contribution in [0.15, 0.2) is 76.8 Å². The first-order chi connectivity index (χ1) is 15.6. The smallest absolute Gasteiger partial charge is 0.268 e. The average Bonchev–Trinajstić information content (AvgIpc) is 3.29. The first-order valence-electron chi connectivity index (χ1n) is 10.8. The third-order valence-electron chi connectivity index (χ3n) is 5.51. The van der Waals surface area contributed by atoms with E-state index in [0.717, 1.165) is 25.7 Å². The van der Waals surface area contributed by atoms with Crippen LogP contribution in [0.25, 0.3) is 17.4 Å². The van der Waals surface area contributed by atoms with Gasteiger partial charge in [0.15, 0.2) is 0 Å². The van der Waals surface area contributed by atoms with Crippen LogP contribution in [0.3, 0.4) is 0 Å². The summed E-state index contributed by atoms with van der Waals surface area (Å²) in [5.74, 6) is -0.100. The normalized spacial score (nSPS) is 14.7.